The van der Waals surface area contributed by atoms with Gasteiger partial charge in [-0.3, -0.25) is 4.79 Å². The summed E-state index contributed by atoms with van der Waals surface area (Å²) in [4.78, 5) is 16.9. The van der Waals surface area contributed by atoms with E-state index in [0.717, 1.165) is 18.4 Å². The van der Waals surface area contributed by atoms with E-state index in [0.29, 0.717) is 36.1 Å². The molecule has 0 saturated carbocycles. The van der Waals surface area contributed by atoms with Crippen LogP contribution >= 0.6 is 11.6 Å². The molecule has 4 rings (SSSR count). The molecule has 1 atom stereocenters. The fraction of sp³-hybridized carbons (Fsp3) is 0.333. The molecule has 0 N–H and O–H groups in total. The quantitative estimate of drug-likeness (QED) is 0.748. The molecule has 0 aliphatic carbocycles. The van der Waals surface area contributed by atoms with Crippen molar-refractivity contribution in [3.05, 3.63) is 64.7 Å². The van der Waals surface area contributed by atoms with E-state index in [2.05, 4.69) is 4.40 Å². The normalized spacial score (nSPS) is 20.1. The number of fused-ring (bicyclic) bond motifs is 1. The first-order valence-electron chi connectivity index (χ1n) is 9.54. The molecule has 2 aromatic rings. The van der Waals surface area contributed by atoms with Crippen LogP contribution in [0.25, 0.3) is 0 Å². The van der Waals surface area contributed by atoms with Crippen LogP contribution < -0.4 is 0 Å². The van der Waals surface area contributed by atoms with Crippen molar-refractivity contribution in [2.75, 3.05) is 20.1 Å². The van der Waals surface area contributed by atoms with Gasteiger partial charge in [-0.15, -0.1) is 4.40 Å². The number of rotatable bonds is 3. The smallest absolute Gasteiger partial charge is 0.285 e. The predicted molar refractivity (Wildman–Crippen MR) is 112 cm³/mol. The van der Waals surface area contributed by atoms with Gasteiger partial charge in [0.05, 0.1) is 5.92 Å². The lowest BCUT2D eigenvalue weighted by Gasteiger charge is -2.35. The summed E-state index contributed by atoms with van der Waals surface area (Å²) in [5, 5.41) is 0.638. The zero-order valence-corrected chi connectivity index (χ0v) is 17.7. The second kappa shape index (κ2) is 7.80. The number of carbonyl (C=O) groups excluding carboxylic acids is 1. The molecule has 2 heterocycles. The summed E-state index contributed by atoms with van der Waals surface area (Å²) in [6.45, 7) is 1.57. The minimum Gasteiger partial charge on any atom is -0.355 e. The molecule has 2 aliphatic heterocycles. The van der Waals surface area contributed by atoms with Gasteiger partial charge >= 0.3 is 0 Å². The average Bonchev–Trinajstić information content (AvgIpc) is 3.00. The van der Waals surface area contributed by atoms with Crippen molar-refractivity contribution in [1.29, 1.82) is 0 Å². The third kappa shape index (κ3) is 3.89. The van der Waals surface area contributed by atoms with E-state index in [9.17, 15) is 13.2 Å². The number of hydrogen-bond acceptors (Lipinski definition) is 4. The molecule has 2 aromatic carbocycles. The molecule has 0 bridgehead atoms. The highest BCUT2D eigenvalue weighted by molar-refractivity contribution is 7.90. The summed E-state index contributed by atoms with van der Waals surface area (Å²) in [5.74, 6) is 0.269. The molecule has 1 fully saturated rings. The molecular weight excluding hydrogens is 410 g/mol. The summed E-state index contributed by atoms with van der Waals surface area (Å²) in [7, 11) is -1.89. The monoisotopic (exact) mass is 431 g/mol. The fourth-order valence-corrected chi connectivity index (χ4v) is 5.38. The molecule has 2 aliphatic rings. The van der Waals surface area contributed by atoms with E-state index in [-0.39, 0.29) is 16.7 Å². The number of amides is 1. The molecule has 1 unspecified atom stereocenters. The van der Waals surface area contributed by atoms with Crippen LogP contribution in [-0.4, -0.2) is 50.1 Å². The van der Waals surface area contributed by atoms with E-state index in [1.807, 2.05) is 29.2 Å². The van der Waals surface area contributed by atoms with E-state index in [4.69, 9.17) is 11.6 Å². The lowest BCUT2D eigenvalue weighted by molar-refractivity contribution is -0.136. The number of hydrogen-bond donors (Lipinski definition) is 0. The Morgan fingerprint density at radius 1 is 1.21 bits per heavy atom. The van der Waals surface area contributed by atoms with Crippen molar-refractivity contribution in [1.82, 2.24) is 9.80 Å². The van der Waals surface area contributed by atoms with Crippen LogP contribution in [0.2, 0.25) is 5.02 Å². The van der Waals surface area contributed by atoms with Crippen molar-refractivity contribution in [3.63, 3.8) is 0 Å². The molecule has 29 heavy (non-hydrogen) atoms. The topological polar surface area (TPSA) is 70.1 Å². The molecule has 0 radical (unpaired) electrons. The van der Waals surface area contributed by atoms with E-state index in [1.54, 1.807) is 36.2 Å². The van der Waals surface area contributed by atoms with Crippen molar-refractivity contribution in [2.45, 2.75) is 24.3 Å². The van der Waals surface area contributed by atoms with Crippen LogP contribution in [-0.2, 0) is 21.4 Å². The highest BCUT2D eigenvalue weighted by atomic mass is 35.5. The summed E-state index contributed by atoms with van der Waals surface area (Å²) in [6, 6.07) is 14.3. The van der Waals surface area contributed by atoms with Gasteiger partial charge in [0.2, 0.25) is 5.91 Å². The van der Waals surface area contributed by atoms with Crippen LogP contribution in [0.5, 0.6) is 0 Å². The maximum atomic E-state index is 13.0. The van der Waals surface area contributed by atoms with Gasteiger partial charge < -0.3 is 9.80 Å². The Morgan fingerprint density at radius 2 is 1.93 bits per heavy atom. The average molecular weight is 432 g/mol. The van der Waals surface area contributed by atoms with E-state index in [1.165, 1.54) is 0 Å². The first kappa shape index (κ1) is 19.9. The van der Waals surface area contributed by atoms with Gasteiger partial charge in [-0.05, 0) is 36.6 Å². The maximum absolute atomic E-state index is 13.0. The molecule has 6 nitrogen and oxygen atoms in total. The highest BCUT2D eigenvalue weighted by Crippen LogP contribution is 2.30. The number of benzene rings is 2. The largest absolute Gasteiger partial charge is 0.355 e. The molecule has 152 valence electrons. The predicted octanol–water partition coefficient (Wildman–Crippen LogP) is 3.16. The van der Waals surface area contributed by atoms with Gasteiger partial charge in [-0.2, -0.15) is 8.42 Å². The Bertz CT molecular complexity index is 1080. The number of amidine groups is 1. The molecular formula is C21H22ClN3O3S. The van der Waals surface area contributed by atoms with Gasteiger partial charge in [0.1, 0.15) is 4.90 Å². The van der Waals surface area contributed by atoms with Gasteiger partial charge in [0.15, 0.2) is 5.84 Å². The van der Waals surface area contributed by atoms with Crippen LogP contribution in [0.15, 0.2) is 57.8 Å². The van der Waals surface area contributed by atoms with Crippen molar-refractivity contribution in [3.8, 4) is 0 Å². The Morgan fingerprint density at radius 3 is 2.72 bits per heavy atom. The number of nitrogens with zero attached hydrogens (tertiary/aromatic N) is 3. The third-order valence-corrected chi connectivity index (χ3v) is 7.12. The number of halogens is 1. The van der Waals surface area contributed by atoms with Gasteiger partial charge in [0, 0.05) is 37.3 Å². The van der Waals surface area contributed by atoms with Crippen molar-refractivity contribution in [2.24, 2.45) is 10.3 Å². The standard InChI is InChI=1S/C21H22ClN3O3S/c1-24(13-15-7-2-4-10-18(15)22)21(26)16-8-6-12-25(14-16)20-17-9-3-5-11-19(17)29(27,28)23-20/h2-5,7,9-11,16H,6,8,12-14H2,1H3. The Hall–Kier alpha value is -2.38. The van der Waals surface area contributed by atoms with E-state index < -0.39 is 10.0 Å². The summed E-state index contributed by atoms with van der Waals surface area (Å²) >= 11 is 6.22. The Labute approximate surface area is 175 Å². The molecule has 8 heteroatoms. The minimum atomic E-state index is -3.67. The summed E-state index contributed by atoms with van der Waals surface area (Å²) in [5.41, 5.74) is 1.52. The maximum Gasteiger partial charge on any atom is 0.285 e. The van der Waals surface area contributed by atoms with Crippen LogP contribution in [0, 0.1) is 5.92 Å². The first-order valence-corrected chi connectivity index (χ1v) is 11.4. The van der Waals surface area contributed by atoms with Gasteiger partial charge in [-0.1, -0.05) is 41.9 Å². The van der Waals surface area contributed by atoms with Crippen LogP contribution in [0.1, 0.15) is 24.0 Å². The second-order valence-corrected chi connectivity index (χ2v) is 9.44. The number of carbonyl (C=O) groups is 1. The van der Waals surface area contributed by atoms with Crippen molar-refractivity contribution < 1.29 is 13.2 Å². The second-order valence-electron chi connectivity index (χ2n) is 7.46. The molecule has 1 amide bonds. The first-order chi connectivity index (χ1) is 13.9. The fourth-order valence-electron chi connectivity index (χ4n) is 3.96. The number of likely N-dealkylation sites (tertiary alicyclic amines) is 1. The molecule has 1 saturated heterocycles. The van der Waals surface area contributed by atoms with Crippen LogP contribution in [0.3, 0.4) is 0 Å². The Balaban J connectivity index is 1.50. The molecule has 0 spiro atoms. The highest BCUT2D eigenvalue weighted by Gasteiger charge is 2.35. The zero-order valence-electron chi connectivity index (χ0n) is 16.1. The Kier molecular flexibility index (Phi) is 5.36. The van der Waals surface area contributed by atoms with E-state index >= 15 is 0 Å². The number of sulfonamides is 1. The lowest BCUT2D eigenvalue weighted by atomic mass is 9.95. The SMILES string of the molecule is CN(Cc1ccccc1Cl)C(=O)C1CCCN(C2=NS(=O)(=O)c3ccccc32)C1. The number of piperidine rings is 1. The lowest BCUT2D eigenvalue weighted by Crippen LogP contribution is -2.45. The van der Waals surface area contributed by atoms with Gasteiger partial charge in [0.25, 0.3) is 10.0 Å². The minimum absolute atomic E-state index is 0.0318. The molecule has 0 aromatic heterocycles. The zero-order chi connectivity index (χ0) is 20.6. The van der Waals surface area contributed by atoms with Crippen LogP contribution in [0.4, 0.5) is 0 Å². The third-order valence-electron chi connectivity index (χ3n) is 5.42. The summed E-state index contributed by atoms with van der Waals surface area (Å²) < 4.78 is 28.7. The van der Waals surface area contributed by atoms with Gasteiger partial charge in [-0.25, -0.2) is 0 Å². The summed E-state index contributed by atoms with van der Waals surface area (Å²) in [6.07, 6.45) is 1.57. The van der Waals surface area contributed by atoms with Crippen molar-refractivity contribution >= 4 is 33.4 Å².